The number of benzene rings is 2. The maximum Gasteiger partial charge on any atom is 0.262 e. The molecule has 0 unspecified atom stereocenters. The third kappa shape index (κ3) is 3.75. The zero-order valence-electron chi connectivity index (χ0n) is 16.6. The fourth-order valence-corrected chi connectivity index (χ4v) is 3.64. The van der Waals surface area contributed by atoms with Crippen LogP contribution in [0.25, 0.3) is 0 Å². The average Bonchev–Trinajstić information content (AvgIpc) is 2.60. The molecule has 0 fully saturated rings. The highest BCUT2D eigenvalue weighted by atomic mass is 35.5. The second kappa shape index (κ2) is 7.41. The molecule has 0 bridgehead atoms. The van der Waals surface area contributed by atoms with Crippen molar-refractivity contribution in [1.82, 2.24) is 4.90 Å². The Labute approximate surface area is 166 Å². The minimum atomic E-state index is -0.617. The van der Waals surface area contributed by atoms with E-state index in [9.17, 15) is 4.79 Å². The molecule has 0 aromatic heterocycles. The van der Waals surface area contributed by atoms with Gasteiger partial charge in [-0.25, -0.2) is 0 Å². The van der Waals surface area contributed by atoms with E-state index >= 15 is 0 Å². The number of anilines is 3. The molecule has 5 nitrogen and oxygen atoms in total. The number of amides is 1. The number of fused-ring (bicyclic) bond motifs is 1. The molecule has 0 atom stereocenters. The standard InChI is InChI=1S/C21H27ClN4O/c1-21(2)23-19-15(9-8-12-18(19)25(5)14-13-24(3)4)20(27)26(21)17-11-7-6-10-16(17)22/h6-12,23H,13-14H2,1-5H3. The number of nitrogens with one attached hydrogen (secondary N) is 1. The van der Waals surface area contributed by atoms with Crippen LogP contribution in [0.2, 0.25) is 5.02 Å². The largest absolute Gasteiger partial charge is 0.372 e. The highest BCUT2D eigenvalue weighted by molar-refractivity contribution is 6.34. The summed E-state index contributed by atoms with van der Waals surface area (Å²) in [7, 11) is 6.17. The molecule has 3 rings (SSSR count). The van der Waals surface area contributed by atoms with E-state index in [4.69, 9.17) is 11.6 Å². The first-order valence-electron chi connectivity index (χ1n) is 9.08. The summed E-state index contributed by atoms with van der Waals surface area (Å²) < 4.78 is 0. The van der Waals surface area contributed by atoms with E-state index in [0.29, 0.717) is 16.3 Å². The van der Waals surface area contributed by atoms with Crippen molar-refractivity contribution in [3.63, 3.8) is 0 Å². The fraction of sp³-hybridized carbons (Fsp3) is 0.381. The molecule has 1 N–H and O–H groups in total. The predicted molar refractivity (Wildman–Crippen MR) is 114 cm³/mol. The van der Waals surface area contributed by atoms with Gasteiger partial charge in [0.25, 0.3) is 5.91 Å². The summed E-state index contributed by atoms with van der Waals surface area (Å²) in [5.41, 5.74) is 2.64. The zero-order chi connectivity index (χ0) is 19.8. The molecule has 2 aromatic rings. The zero-order valence-corrected chi connectivity index (χ0v) is 17.3. The van der Waals surface area contributed by atoms with Gasteiger partial charge < -0.3 is 15.1 Å². The fourth-order valence-electron chi connectivity index (χ4n) is 3.42. The van der Waals surface area contributed by atoms with Crippen molar-refractivity contribution >= 4 is 34.6 Å². The van der Waals surface area contributed by atoms with E-state index in [0.717, 1.165) is 24.5 Å². The van der Waals surface area contributed by atoms with Crippen molar-refractivity contribution in [2.45, 2.75) is 19.5 Å². The number of hydrogen-bond acceptors (Lipinski definition) is 4. The van der Waals surface area contributed by atoms with Crippen LogP contribution in [0.5, 0.6) is 0 Å². The highest BCUT2D eigenvalue weighted by Gasteiger charge is 2.40. The number of rotatable bonds is 5. The molecule has 0 saturated carbocycles. The van der Waals surface area contributed by atoms with Crippen LogP contribution in [0.4, 0.5) is 17.1 Å². The van der Waals surface area contributed by atoms with Gasteiger partial charge in [-0.3, -0.25) is 9.69 Å². The third-order valence-corrected chi connectivity index (χ3v) is 5.17. The number of halogens is 1. The monoisotopic (exact) mass is 386 g/mol. The number of carbonyl (C=O) groups excluding carboxylic acids is 1. The molecule has 1 amide bonds. The van der Waals surface area contributed by atoms with Gasteiger partial charge in [0.1, 0.15) is 5.66 Å². The van der Waals surface area contributed by atoms with Crippen molar-refractivity contribution in [2.24, 2.45) is 0 Å². The normalized spacial score (nSPS) is 15.5. The molecule has 2 aromatic carbocycles. The first kappa shape index (κ1) is 19.5. The van der Waals surface area contributed by atoms with Crippen LogP contribution < -0.4 is 15.1 Å². The van der Waals surface area contributed by atoms with E-state index in [1.165, 1.54) is 0 Å². The predicted octanol–water partition coefficient (Wildman–Crippen LogP) is 4.15. The topological polar surface area (TPSA) is 38.8 Å². The second-order valence-electron chi connectivity index (χ2n) is 7.70. The summed E-state index contributed by atoms with van der Waals surface area (Å²) in [6.07, 6.45) is 0. The van der Waals surface area contributed by atoms with Gasteiger partial charge >= 0.3 is 0 Å². The minimum absolute atomic E-state index is 0.0512. The Bertz CT molecular complexity index is 850. The van der Waals surface area contributed by atoms with Crippen LogP contribution in [0.3, 0.4) is 0 Å². The summed E-state index contributed by atoms with van der Waals surface area (Å²) in [5.74, 6) is -0.0512. The lowest BCUT2D eigenvalue weighted by atomic mass is 9.99. The Morgan fingerprint density at radius 2 is 1.74 bits per heavy atom. The van der Waals surface area contributed by atoms with Crippen molar-refractivity contribution < 1.29 is 4.79 Å². The van der Waals surface area contributed by atoms with E-state index in [1.54, 1.807) is 11.0 Å². The summed E-state index contributed by atoms with van der Waals surface area (Å²) in [6.45, 7) is 5.79. The maximum atomic E-state index is 13.4. The lowest BCUT2D eigenvalue weighted by molar-refractivity contribution is 0.0961. The number of likely N-dealkylation sites (N-methyl/N-ethyl adjacent to an activating group) is 2. The van der Waals surface area contributed by atoms with Crippen molar-refractivity contribution in [3.05, 3.63) is 53.1 Å². The minimum Gasteiger partial charge on any atom is -0.372 e. The molecule has 1 heterocycles. The number of carbonyl (C=O) groups is 1. The number of nitrogens with zero attached hydrogens (tertiary/aromatic N) is 3. The Morgan fingerprint density at radius 3 is 2.41 bits per heavy atom. The second-order valence-corrected chi connectivity index (χ2v) is 8.11. The van der Waals surface area contributed by atoms with Gasteiger partial charge in [0.2, 0.25) is 0 Å². The Hall–Kier alpha value is -2.24. The molecular weight excluding hydrogens is 360 g/mol. The van der Waals surface area contributed by atoms with Crippen LogP contribution in [-0.4, -0.2) is 50.7 Å². The van der Waals surface area contributed by atoms with Crippen LogP contribution in [-0.2, 0) is 0 Å². The van der Waals surface area contributed by atoms with Crippen molar-refractivity contribution in [1.29, 1.82) is 0 Å². The molecule has 27 heavy (non-hydrogen) atoms. The third-order valence-electron chi connectivity index (χ3n) is 4.85. The summed E-state index contributed by atoms with van der Waals surface area (Å²) >= 11 is 6.40. The molecular formula is C21H27ClN4O. The van der Waals surface area contributed by atoms with Crippen LogP contribution >= 0.6 is 11.6 Å². The van der Waals surface area contributed by atoms with Gasteiger partial charge in [0.15, 0.2) is 0 Å². The number of para-hydroxylation sites is 2. The lowest BCUT2D eigenvalue weighted by Crippen LogP contribution is -2.57. The van der Waals surface area contributed by atoms with Crippen LogP contribution in [0.15, 0.2) is 42.5 Å². The summed E-state index contributed by atoms with van der Waals surface area (Å²) in [5, 5.41) is 4.13. The van der Waals surface area contributed by atoms with Crippen LogP contribution in [0, 0.1) is 0 Å². The molecule has 144 valence electrons. The molecule has 1 aliphatic rings. The van der Waals surface area contributed by atoms with Gasteiger partial charge in [-0.15, -0.1) is 0 Å². The molecule has 0 aliphatic carbocycles. The van der Waals surface area contributed by atoms with E-state index in [-0.39, 0.29) is 5.91 Å². The summed E-state index contributed by atoms with van der Waals surface area (Å²) in [6, 6.07) is 13.3. The number of hydrogen-bond donors (Lipinski definition) is 1. The first-order chi connectivity index (χ1) is 12.7. The van der Waals surface area contributed by atoms with Gasteiger partial charge in [0, 0.05) is 20.1 Å². The van der Waals surface area contributed by atoms with E-state index in [2.05, 4.69) is 42.3 Å². The lowest BCUT2D eigenvalue weighted by Gasteiger charge is -2.45. The van der Waals surface area contributed by atoms with Crippen molar-refractivity contribution in [3.8, 4) is 0 Å². The average molecular weight is 387 g/mol. The molecule has 0 spiro atoms. The molecule has 0 saturated heterocycles. The molecule has 6 heteroatoms. The Kier molecular flexibility index (Phi) is 5.36. The SMILES string of the molecule is CN(C)CCN(C)c1cccc2c1NC(C)(C)N(c1ccccc1Cl)C2=O. The molecule has 1 aliphatic heterocycles. The Balaban J connectivity index is 2.03. The summed E-state index contributed by atoms with van der Waals surface area (Å²) in [4.78, 5) is 19.5. The van der Waals surface area contributed by atoms with Gasteiger partial charge in [-0.05, 0) is 52.2 Å². The smallest absolute Gasteiger partial charge is 0.262 e. The van der Waals surface area contributed by atoms with Gasteiger partial charge in [0.05, 0.1) is 27.6 Å². The maximum absolute atomic E-state index is 13.4. The quantitative estimate of drug-likeness (QED) is 0.837. The highest BCUT2D eigenvalue weighted by Crippen LogP contribution is 2.41. The van der Waals surface area contributed by atoms with Crippen molar-refractivity contribution in [2.75, 3.05) is 49.3 Å². The Morgan fingerprint density at radius 1 is 1.04 bits per heavy atom. The van der Waals surface area contributed by atoms with Crippen LogP contribution in [0.1, 0.15) is 24.2 Å². The molecule has 0 radical (unpaired) electrons. The van der Waals surface area contributed by atoms with Gasteiger partial charge in [-0.1, -0.05) is 29.8 Å². The van der Waals surface area contributed by atoms with E-state index in [1.807, 2.05) is 44.2 Å². The van der Waals surface area contributed by atoms with E-state index < -0.39 is 5.66 Å². The van der Waals surface area contributed by atoms with Gasteiger partial charge in [-0.2, -0.15) is 0 Å². The first-order valence-corrected chi connectivity index (χ1v) is 9.46.